The summed E-state index contributed by atoms with van der Waals surface area (Å²) in [6, 6.07) is -7.11. The number of aliphatic carboxylic acids is 2. The van der Waals surface area contributed by atoms with Crippen LogP contribution in [0.3, 0.4) is 0 Å². The highest BCUT2D eigenvalue weighted by atomic mass is 32.1. The lowest BCUT2D eigenvalue weighted by molar-refractivity contribution is -0.142. The van der Waals surface area contributed by atoms with Gasteiger partial charge in [0.15, 0.2) is 10.8 Å². The molecule has 0 aliphatic carbocycles. The molecule has 4 rings (SSSR count). The first-order chi connectivity index (χ1) is 46.3. The zero-order chi connectivity index (χ0) is 72.9. The number of ketones is 1. The molecule has 34 heteroatoms. The van der Waals surface area contributed by atoms with Crippen molar-refractivity contribution < 1.29 is 82.1 Å². The number of amides is 12. The first kappa shape index (κ1) is 80.7. The lowest BCUT2D eigenvalue weighted by Gasteiger charge is -2.29. The molecule has 0 bridgehead atoms. The van der Waals surface area contributed by atoms with Gasteiger partial charge in [-0.1, -0.05) is 92.1 Å². The van der Waals surface area contributed by atoms with Gasteiger partial charge in [-0.25, -0.2) is 9.97 Å². The minimum absolute atomic E-state index is 0.0124. The molecule has 1 saturated heterocycles. The van der Waals surface area contributed by atoms with Gasteiger partial charge in [-0.2, -0.15) is 0 Å². The quantitative estimate of drug-likeness (QED) is 0.0248. The number of carboxylic acid groups (broad SMARTS) is 2. The van der Waals surface area contributed by atoms with Crippen LogP contribution < -0.4 is 70.0 Å². The second-order valence-electron chi connectivity index (χ2n) is 25.1. The molecule has 1 aliphatic heterocycles. The average molecular weight is 1390 g/mol. The molecular formula is C64H94N16O17S. The van der Waals surface area contributed by atoms with Crippen LogP contribution in [0.25, 0.3) is 0 Å². The van der Waals surface area contributed by atoms with Gasteiger partial charge in [0, 0.05) is 49.0 Å². The first-order valence-corrected chi connectivity index (χ1v) is 33.4. The number of nitrogens with zero attached hydrogens (tertiary/aromatic N) is 2. The Morgan fingerprint density at radius 2 is 1.17 bits per heavy atom. The van der Waals surface area contributed by atoms with E-state index in [1.165, 1.54) is 17.9 Å². The van der Waals surface area contributed by atoms with E-state index in [4.69, 9.17) is 11.5 Å². The molecular weight excluding hydrogens is 1300 g/mol. The fourth-order valence-electron chi connectivity index (χ4n) is 10.2. The zero-order valence-corrected chi connectivity index (χ0v) is 57.1. The Labute approximate surface area is 571 Å². The summed E-state index contributed by atoms with van der Waals surface area (Å²) in [6.07, 6.45) is -0.783. The molecule has 1 aromatic carbocycles. The second-order valence-corrected chi connectivity index (χ2v) is 26.0. The van der Waals surface area contributed by atoms with E-state index in [1.807, 2.05) is 0 Å². The van der Waals surface area contributed by atoms with E-state index < -0.39 is 187 Å². The summed E-state index contributed by atoms with van der Waals surface area (Å²) in [5, 5.41) is 49.2. The van der Waals surface area contributed by atoms with Crippen LogP contribution in [-0.2, 0) is 75.2 Å². The molecule has 2 aromatic heterocycles. The van der Waals surface area contributed by atoms with E-state index in [9.17, 15) is 82.1 Å². The molecule has 11 atom stereocenters. The number of H-pyrrole nitrogens is 1. The van der Waals surface area contributed by atoms with Crippen LogP contribution >= 0.6 is 11.3 Å². The van der Waals surface area contributed by atoms with Crippen LogP contribution in [0.2, 0.25) is 0 Å². The summed E-state index contributed by atoms with van der Waals surface area (Å²) in [5.41, 5.74) is 12.2. The number of Topliss-reactive ketones (excluding diaryl/α,β-unsaturated/α-hetero) is 1. The van der Waals surface area contributed by atoms with Crippen LogP contribution in [0.15, 0.2) is 48.2 Å². The highest BCUT2D eigenvalue weighted by Crippen LogP contribution is 2.18. The van der Waals surface area contributed by atoms with E-state index in [1.54, 1.807) is 85.7 Å². The van der Waals surface area contributed by atoms with Gasteiger partial charge in [-0.05, 0) is 74.8 Å². The van der Waals surface area contributed by atoms with Crippen molar-refractivity contribution in [3.63, 3.8) is 0 Å². The number of nitrogens with two attached hydrogens (primary N) is 2. The SMILES string of the molecule is CC[C@H](C)[C@H](NC(=O)[C@@H](CCC(=O)O)NC(=O)[C@H](CC(C)C)NC(=O)c1csc(C(=O)C(C)C)n1)C(=O)NCCCC[C@@H]1NC(=O)[C@H](CC(N)=O)NC(=O)[C@@H](CC(=O)O)NC(=O)[C@H](Cc2cnc[nH]2)NC(=O)[C@@H](Cc2ccccc2)NC(=O)[C@H](C(C)C)NC(=O)[C@@H](CCCN)NC1=O. The van der Waals surface area contributed by atoms with Crippen molar-refractivity contribution in [2.75, 3.05) is 13.1 Å². The molecule has 18 N–H and O–H groups in total. The molecule has 1 aliphatic rings. The maximum absolute atomic E-state index is 14.6. The molecule has 3 heterocycles. The summed E-state index contributed by atoms with van der Waals surface area (Å²) in [5.74, 6) is -16.8. The van der Waals surface area contributed by atoms with Gasteiger partial charge in [0.25, 0.3) is 5.91 Å². The number of primary amides is 1. The highest BCUT2D eigenvalue weighted by molar-refractivity contribution is 7.12. The van der Waals surface area contributed by atoms with Gasteiger partial charge in [0.05, 0.1) is 19.2 Å². The minimum Gasteiger partial charge on any atom is -0.481 e. The van der Waals surface area contributed by atoms with Crippen molar-refractivity contribution >= 4 is 99.9 Å². The monoisotopic (exact) mass is 1390 g/mol. The normalized spacial score (nSPS) is 20.4. The average Bonchev–Trinajstić information content (AvgIpc) is 1.30. The Balaban J connectivity index is 1.66. The van der Waals surface area contributed by atoms with E-state index in [0.717, 1.165) is 11.3 Å². The number of nitrogens with one attached hydrogen (secondary N) is 12. The standard InChI is InChI=1S/C64H94N16O17S/c1-9-35(8)51(80-55(89)40(20-21-48(82)83)72-56(90)41(24-32(2)3)73-61(95)46-30-98-64(78-46)52(86)34(6)7)62(96)68-23-14-13-18-38-53(87)70-39(19-15-22-65)54(88)79-50(33(4)5)63(97)77-42(25-36-16-11-10-12-17-36)57(91)74-43(26-37-29-67-31-69-37)58(92)76-45(28-49(84)85)60(94)75-44(27-47(66)81)59(93)71-38/h10-12,16-17,29-35,38-45,50-51H,9,13-15,18-28,65H2,1-8H3,(H2,66,81)(H,67,69)(H,68,96)(H,70,87)(H,71,93)(H,72,90)(H,73,95)(H,74,91)(H,75,94)(H,76,92)(H,77,97)(H,79,88)(H,80,89)(H,82,83)(H,84,85)/t35-,38-,39+,40+,41-,42+,43-,44-,45+,50-,51-/m0/s1. The molecule has 12 amide bonds. The number of rotatable bonds is 33. The number of aromatic amines is 1. The molecule has 3 aromatic rings. The van der Waals surface area contributed by atoms with E-state index >= 15 is 0 Å². The Kier molecular flexibility index (Phi) is 33.0. The third-order valence-electron chi connectivity index (χ3n) is 15.9. The van der Waals surface area contributed by atoms with Gasteiger partial charge < -0.3 is 85.1 Å². The third-order valence-corrected chi connectivity index (χ3v) is 16.7. The summed E-state index contributed by atoms with van der Waals surface area (Å²) in [7, 11) is 0. The lowest BCUT2D eigenvalue weighted by atomic mass is 9.97. The Morgan fingerprint density at radius 3 is 1.72 bits per heavy atom. The highest BCUT2D eigenvalue weighted by Gasteiger charge is 2.39. The number of carbonyl (C=O) groups excluding carboxylic acids is 13. The van der Waals surface area contributed by atoms with Gasteiger partial charge >= 0.3 is 11.9 Å². The molecule has 33 nitrogen and oxygen atoms in total. The summed E-state index contributed by atoms with van der Waals surface area (Å²) >= 11 is 0.960. The Bertz CT molecular complexity index is 3270. The number of thiazole rings is 1. The topological polar surface area (TPSA) is 522 Å². The van der Waals surface area contributed by atoms with Gasteiger partial charge in [-0.3, -0.25) is 71.9 Å². The van der Waals surface area contributed by atoms with Crippen LogP contribution in [0.1, 0.15) is 158 Å². The molecule has 1 fully saturated rings. The third kappa shape index (κ3) is 26.7. The van der Waals surface area contributed by atoms with Crippen LogP contribution in [0.4, 0.5) is 0 Å². The largest absolute Gasteiger partial charge is 0.481 e. The first-order valence-electron chi connectivity index (χ1n) is 32.6. The number of hydrogen-bond donors (Lipinski definition) is 16. The van der Waals surface area contributed by atoms with E-state index in [2.05, 4.69) is 73.4 Å². The van der Waals surface area contributed by atoms with E-state index in [0.29, 0.717) is 12.0 Å². The second kappa shape index (κ2) is 40.1. The number of carbonyl (C=O) groups is 15. The smallest absolute Gasteiger partial charge is 0.305 e. The lowest BCUT2D eigenvalue weighted by Crippen LogP contribution is -2.61. The van der Waals surface area contributed by atoms with Crippen molar-refractivity contribution in [2.45, 2.75) is 199 Å². The fourth-order valence-corrected chi connectivity index (χ4v) is 11.1. The number of unbranched alkanes of at least 4 members (excludes halogenated alkanes) is 1. The predicted molar refractivity (Wildman–Crippen MR) is 354 cm³/mol. The van der Waals surface area contributed by atoms with E-state index in [-0.39, 0.29) is 92.6 Å². The maximum atomic E-state index is 14.6. The van der Waals surface area contributed by atoms with Crippen molar-refractivity contribution in [1.29, 1.82) is 0 Å². The number of benzene rings is 1. The molecule has 0 radical (unpaired) electrons. The predicted octanol–water partition coefficient (Wildman–Crippen LogP) is -1.35. The van der Waals surface area contributed by atoms with Crippen molar-refractivity contribution in [1.82, 2.24) is 73.4 Å². The molecule has 0 saturated carbocycles. The Hall–Kier alpha value is -9.73. The van der Waals surface area contributed by atoms with Crippen LogP contribution in [0, 0.1) is 23.7 Å². The number of carboxylic acids is 2. The zero-order valence-electron chi connectivity index (χ0n) is 56.3. The number of aromatic nitrogens is 3. The van der Waals surface area contributed by atoms with Crippen molar-refractivity contribution in [2.24, 2.45) is 35.1 Å². The summed E-state index contributed by atoms with van der Waals surface area (Å²) in [4.78, 5) is 217. The van der Waals surface area contributed by atoms with Crippen molar-refractivity contribution in [3.8, 4) is 0 Å². The number of hydrogen-bond acceptors (Lipinski definition) is 19. The summed E-state index contributed by atoms with van der Waals surface area (Å²) in [6.45, 7) is 13.4. The van der Waals surface area contributed by atoms with Gasteiger partial charge in [0.1, 0.15) is 66.1 Å². The maximum Gasteiger partial charge on any atom is 0.305 e. The van der Waals surface area contributed by atoms with Gasteiger partial charge in [0.2, 0.25) is 65.0 Å². The van der Waals surface area contributed by atoms with Crippen molar-refractivity contribution in [3.05, 3.63) is 70.2 Å². The van der Waals surface area contributed by atoms with Crippen LogP contribution in [0.5, 0.6) is 0 Å². The molecule has 538 valence electrons. The minimum atomic E-state index is -2.00. The number of imidazole rings is 1. The van der Waals surface area contributed by atoms with Crippen LogP contribution in [-0.4, -0.2) is 187 Å². The fraction of sp³-hybridized carbons (Fsp3) is 0.578. The Morgan fingerprint density at radius 1 is 0.622 bits per heavy atom. The molecule has 0 unspecified atom stereocenters. The molecule has 0 spiro atoms. The summed E-state index contributed by atoms with van der Waals surface area (Å²) < 4.78 is 0. The van der Waals surface area contributed by atoms with Gasteiger partial charge in [-0.15, -0.1) is 11.3 Å². The molecule has 98 heavy (non-hydrogen) atoms.